The van der Waals surface area contributed by atoms with Crippen LogP contribution in [-0.4, -0.2) is 10.6 Å². The highest BCUT2D eigenvalue weighted by atomic mass is 32.1. The Balaban J connectivity index is 1.63. The Morgan fingerprint density at radius 1 is 1.04 bits per heavy atom. The van der Waals surface area contributed by atoms with Crippen LogP contribution < -0.4 is 10.6 Å². The van der Waals surface area contributed by atoms with E-state index in [1.54, 1.807) is 11.3 Å². The number of rotatable bonds is 4. The van der Waals surface area contributed by atoms with E-state index >= 15 is 0 Å². The molecule has 0 bridgehead atoms. The van der Waals surface area contributed by atoms with Gasteiger partial charge < -0.3 is 15.2 Å². The minimum absolute atomic E-state index is 0.200. The fourth-order valence-electron chi connectivity index (χ4n) is 3.43. The minimum Gasteiger partial charge on any atom is -0.343 e. The van der Waals surface area contributed by atoms with Crippen LogP contribution in [0.2, 0.25) is 0 Å². The van der Waals surface area contributed by atoms with Crippen LogP contribution in [0.5, 0.6) is 0 Å². The second-order valence-electron chi connectivity index (χ2n) is 6.50. The first-order chi connectivity index (χ1) is 13.1. The molecule has 27 heavy (non-hydrogen) atoms. The maximum absolute atomic E-state index is 12.5. The highest BCUT2D eigenvalue weighted by Crippen LogP contribution is 2.35. The molecular formula is C22H21N3OS. The third-order valence-electron chi connectivity index (χ3n) is 4.79. The van der Waals surface area contributed by atoms with E-state index in [-0.39, 0.29) is 6.03 Å². The van der Waals surface area contributed by atoms with Gasteiger partial charge in [0, 0.05) is 35.7 Å². The van der Waals surface area contributed by atoms with Gasteiger partial charge >= 0.3 is 6.03 Å². The number of urea groups is 1. The van der Waals surface area contributed by atoms with E-state index in [2.05, 4.69) is 51.9 Å². The van der Waals surface area contributed by atoms with Crippen LogP contribution in [-0.2, 0) is 13.6 Å². The lowest BCUT2D eigenvalue weighted by molar-refractivity contribution is 0.252. The molecule has 0 saturated carbocycles. The number of amides is 2. The zero-order valence-corrected chi connectivity index (χ0v) is 16.1. The van der Waals surface area contributed by atoms with E-state index in [0.29, 0.717) is 6.54 Å². The Hall–Kier alpha value is -3.05. The highest BCUT2D eigenvalue weighted by Gasteiger charge is 2.17. The molecular weight excluding hydrogens is 354 g/mol. The monoisotopic (exact) mass is 375 g/mol. The number of hydrogen-bond donors (Lipinski definition) is 2. The molecule has 5 heteroatoms. The lowest BCUT2D eigenvalue weighted by Gasteiger charge is -2.11. The van der Waals surface area contributed by atoms with Gasteiger partial charge in [-0.3, -0.25) is 0 Å². The predicted octanol–water partition coefficient (Wildman–Crippen LogP) is 5.54. The smallest absolute Gasteiger partial charge is 0.319 e. The maximum Gasteiger partial charge on any atom is 0.319 e. The molecule has 0 aliphatic carbocycles. The molecule has 0 aliphatic heterocycles. The van der Waals surface area contributed by atoms with Crippen molar-refractivity contribution in [3.63, 3.8) is 0 Å². The normalized spacial score (nSPS) is 10.9. The summed E-state index contributed by atoms with van der Waals surface area (Å²) >= 11 is 1.71. The van der Waals surface area contributed by atoms with Crippen molar-refractivity contribution in [1.29, 1.82) is 0 Å². The predicted molar refractivity (Wildman–Crippen MR) is 113 cm³/mol. The number of para-hydroxylation sites is 2. The lowest BCUT2D eigenvalue weighted by atomic mass is 10.1. The SMILES string of the molecule is Cc1ccccc1NC(=O)NCc1c(-c2cccs2)n(C)c2ccccc12. The number of fused-ring (bicyclic) bond motifs is 1. The molecule has 136 valence electrons. The number of hydrogen-bond acceptors (Lipinski definition) is 2. The van der Waals surface area contributed by atoms with Crippen molar-refractivity contribution in [2.45, 2.75) is 13.5 Å². The quantitative estimate of drug-likeness (QED) is 0.483. The first-order valence-electron chi connectivity index (χ1n) is 8.86. The molecule has 2 aromatic carbocycles. The van der Waals surface area contributed by atoms with E-state index in [9.17, 15) is 4.79 Å². The van der Waals surface area contributed by atoms with Gasteiger partial charge in [-0.1, -0.05) is 42.5 Å². The van der Waals surface area contributed by atoms with Crippen molar-refractivity contribution in [3.8, 4) is 10.6 Å². The van der Waals surface area contributed by atoms with Gasteiger partial charge in [-0.2, -0.15) is 0 Å². The number of aromatic nitrogens is 1. The van der Waals surface area contributed by atoms with Gasteiger partial charge in [-0.15, -0.1) is 11.3 Å². The van der Waals surface area contributed by atoms with Gasteiger partial charge in [0.15, 0.2) is 0 Å². The van der Waals surface area contributed by atoms with Gasteiger partial charge in [-0.05, 0) is 36.1 Å². The largest absolute Gasteiger partial charge is 0.343 e. The molecule has 2 N–H and O–H groups in total. The summed E-state index contributed by atoms with van der Waals surface area (Å²) in [4.78, 5) is 13.7. The maximum atomic E-state index is 12.5. The average molecular weight is 375 g/mol. The molecule has 2 aromatic heterocycles. The Morgan fingerprint density at radius 3 is 2.59 bits per heavy atom. The number of carbonyl (C=O) groups is 1. The van der Waals surface area contributed by atoms with Gasteiger partial charge in [-0.25, -0.2) is 4.79 Å². The van der Waals surface area contributed by atoms with Crippen LogP contribution in [0.4, 0.5) is 10.5 Å². The molecule has 4 aromatic rings. The second-order valence-corrected chi connectivity index (χ2v) is 7.45. The molecule has 0 radical (unpaired) electrons. The van der Waals surface area contributed by atoms with E-state index < -0.39 is 0 Å². The van der Waals surface area contributed by atoms with Crippen LogP contribution in [0, 0.1) is 6.92 Å². The summed E-state index contributed by atoms with van der Waals surface area (Å²) in [5.74, 6) is 0. The standard InChI is InChI=1S/C22H21N3OS/c1-15-8-3-5-10-18(15)24-22(26)23-14-17-16-9-4-6-11-19(16)25(2)21(17)20-12-7-13-27-20/h3-13H,14H2,1-2H3,(H2,23,24,26). The van der Waals surface area contributed by atoms with E-state index in [0.717, 1.165) is 28.0 Å². The molecule has 0 fully saturated rings. The third kappa shape index (κ3) is 3.34. The number of nitrogens with one attached hydrogen (secondary N) is 2. The summed E-state index contributed by atoms with van der Waals surface area (Å²) in [6.45, 7) is 2.45. The minimum atomic E-state index is -0.200. The third-order valence-corrected chi connectivity index (χ3v) is 5.66. The van der Waals surface area contributed by atoms with Crippen LogP contribution >= 0.6 is 11.3 Å². The van der Waals surface area contributed by atoms with Gasteiger partial charge in [0.05, 0.1) is 10.6 Å². The van der Waals surface area contributed by atoms with Gasteiger partial charge in [0.1, 0.15) is 0 Å². The summed E-state index contributed by atoms with van der Waals surface area (Å²) in [5.41, 5.74) is 5.32. The van der Waals surface area contributed by atoms with E-state index in [1.165, 1.54) is 10.3 Å². The van der Waals surface area contributed by atoms with Gasteiger partial charge in [0.2, 0.25) is 0 Å². The molecule has 4 nitrogen and oxygen atoms in total. The molecule has 0 atom stereocenters. The van der Waals surface area contributed by atoms with Gasteiger partial charge in [0.25, 0.3) is 0 Å². The Bertz CT molecular complexity index is 1100. The number of thiophene rings is 1. The van der Waals surface area contributed by atoms with E-state index in [1.807, 2.05) is 43.3 Å². The van der Waals surface area contributed by atoms with Crippen molar-refractivity contribution in [3.05, 3.63) is 77.2 Å². The fourth-order valence-corrected chi connectivity index (χ4v) is 4.26. The molecule has 0 saturated heterocycles. The number of aryl methyl sites for hydroxylation is 2. The first-order valence-corrected chi connectivity index (χ1v) is 9.74. The van der Waals surface area contributed by atoms with Crippen molar-refractivity contribution >= 4 is 34.0 Å². The Morgan fingerprint density at radius 2 is 1.81 bits per heavy atom. The van der Waals surface area contributed by atoms with Crippen LogP contribution in [0.25, 0.3) is 21.5 Å². The molecule has 2 heterocycles. The molecule has 2 amide bonds. The van der Waals surface area contributed by atoms with Crippen molar-refractivity contribution in [2.24, 2.45) is 7.05 Å². The molecule has 0 unspecified atom stereocenters. The number of nitrogens with zero attached hydrogens (tertiary/aromatic N) is 1. The summed E-state index contributed by atoms with van der Waals surface area (Å²) in [5, 5.41) is 9.20. The van der Waals surface area contributed by atoms with Crippen molar-refractivity contribution in [1.82, 2.24) is 9.88 Å². The van der Waals surface area contributed by atoms with Crippen LogP contribution in [0.3, 0.4) is 0 Å². The zero-order chi connectivity index (χ0) is 18.8. The molecule has 0 spiro atoms. The fraction of sp³-hybridized carbons (Fsp3) is 0.136. The second kappa shape index (κ2) is 7.29. The summed E-state index contributed by atoms with van der Waals surface area (Å²) < 4.78 is 2.21. The summed E-state index contributed by atoms with van der Waals surface area (Å²) in [6, 6.07) is 20.1. The zero-order valence-electron chi connectivity index (χ0n) is 15.3. The number of carbonyl (C=O) groups excluding carboxylic acids is 1. The van der Waals surface area contributed by atoms with E-state index in [4.69, 9.17) is 0 Å². The average Bonchev–Trinajstić information content (AvgIpc) is 3.29. The van der Waals surface area contributed by atoms with Crippen LogP contribution in [0.15, 0.2) is 66.0 Å². The summed E-state index contributed by atoms with van der Waals surface area (Å²) in [7, 11) is 2.08. The topological polar surface area (TPSA) is 46.1 Å². The van der Waals surface area contributed by atoms with Crippen LogP contribution in [0.1, 0.15) is 11.1 Å². The Kier molecular flexibility index (Phi) is 4.69. The number of anilines is 1. The van der Waals surface area contributed by atoms with Crippen molar-refractivity contribution < 1.29 is 4.79 Å². The summed E-state index contributed by atoms with van der Waals surface area (Å²) in [6.07, 6.45) is 0. The molecule has 4 rings (SSSR count). The highest BCUT2D eigenvalue weighted by molar-refractivity contribution is 7.13. The van der Waals surface area contributed by atoms with Crippen molar-refractivity contribution in [2.75, 3.05) is 5.32 Å². The lowest BCUT2D eigenvalue weighted by Crippen LogP contribution is -2.28. The first kappa shape index (κ1) is 17.4. The molecule has 0 aliphatic rings. The number of benzene rings is 2. The Labute approximate surface area is 162 Å².